The number of hydrogen-bond donors (Lipinski definition) is 2. The van der Waals surface area contributed by atoms with Crippen molar-refractivity contribution in [2.75, 3.05) is 28.4 Å². The minimum absolute atomic E-state index is 0.0697. The predicted molar refractivity (Wildman–Crippen MR) is 104 cm³/mol. The van der Waals surface area contributed by atoms with Crippen molar-refractivity contribution in [1.82, 2.24) is 5.32 Å². The van der Waals surface area contributed by atoms with Gasteiger partial charge in [-0.05, 0) is 35.4 Å². The summed E-state index contributed by atoms with van der Waals surface area (Å²) in [7, 11) is 6.18. The zero-order valence-electron chi connectivity index (χ0n) is 16.2. The number of amides is 1. The summed E-state index contributed by atoms with van der Waals surface area (Å²) < 4.78 is 21.5. The average Bonchev–Trinajstić information content (AvgIpc) is 3.00. The van der Waals surface area contributed by atoms with Gasteiger partial charge in [-0.15, -0.1) is 0 Å². The van der Waals surface area contributed by atoms with Crippen LogP contribution in [0, 0.1) is 0 Å². The van der Waals surface area contributed by atoms with Gasteiger partial charge in [-0.2, -0.15) is 0 Å². The molecule has 2 aromatic carbocycles. The van der Waals surface area contributed by atoms with Crippen molar-refractivity contribution >= 4 is 11.9 Å². The van der Waals surface area contributed by atoms with Crippen LogP contribution in [0.25, 0.3) is 0 Å². The summed E-state index contributed by atoms with van der Waals surface area (Å²) >= 11 is 0. The van der Waals surface area contributed by atoms with Gasteiger partial charge in [0.15, 0.2) is 23.0 Å². The van der Waals surface area contributed by atoms with Crippen LogP contribution in [0.1, 0.15) is 11.1 Å². The molecule has 0 saturated heterocycles. The smallest absolute Gasteiger partial charge is 0.259 e. The summed E-state index contributed by atoms with van der Waals surface area (Å²) in [6.07, 6.45) is 0.239. The number of hydrogen-bond acceptors (Lipinski definition) is 7. The van der Waals surface area contributed by atoms with Crippen LogP contribution >= 0.6 is 0 Å². The summed E-state index contributed by atoms with van der Waals surface area (Å²) in [6, 6.07) is 10.8. The number of ether oxygens (including phenoxy) is 4. The first kappa shape index (κ1) is 19.3. The van der Waals surface area contributed by atoms with Crippen LogP contribution in [0.4, 0.5) is 0 Å². The topological polar surface area (TPSA) is 104 Å². The molecule has 0 unspecified atom stereocenters. The standard InChI is InChI=1S/C20H23N3O5/c1-25-14-7-5-6-13(10-14)20(18(24)22-19(21)23-20)11-12-8-15(26-2)17(28-4)16(9-12)27-3/h5-10H,11H2,1-4H3,(H3,21,22,23,24)/t20-/m0/s1. The maximum atomic E-state index is 12.9. The lowest BCUT2D eigenvalue weighted by Crippen LogP contribution is -2.40. The summed E-state index contributed by atoms with van der Waals surface area (Å²) in [5, 5.41) is 2.60. The summed E-state index contributed by atoms with van der Waals surface area (Å²) in [6.45, 7) is 0. The Kier molecular flexibility index (Phi) is 5.30. The molecule has 0 fully saturated rings. The Morgan fingerprint density at radius 1 is 1.00 bits per heavy atom. The number of nitrogens with one attached hydrogen (secondary N) is 1. The largest absolute Gasteiger partial charge is 0.497 e. The van der Waals surface area contributed by atoms with Crippen LogP contribution in [0.2, 0.25) is 0 Å². The van der Waals surface area contributed by atoms with Gasteiger partial charge in [0.25, 0.3) is 5.91 Å². The fraction of sp³-hybridized carbons (Fsp3) is 0.300. The number of nitrogens with two attached hydrogens (primary N) is 1. The van der Waals surface area contributed by atoms with Crippen LogP contribution in [0.15, 0.2) is 41.4 Å². The van der Waals surface area contributed by atoms with E-state index in [0.717, 1.165) is 5.56 Å². The number of methoxy groups -OCH3 is 4. The number of carbonyl (C=O) groups is 1. The molecule has 2 aromatic rings. The molecule has 28 heavy (non-hydrogen) atoms. The van der Waals surface area contributed by atoms with Crippen molar-refractivity contribution in [1.29, 1.82) is 0 Å². The molecular weight excluding hydrogens is 362 g/mol. The van der Waals surface area contributed by atoms with Gasteiger partial charge in [-0.1, -0.05) is 12.1 Å². The predicted octanol–water partition coefficient (Wildman–Crippen LogP) is 1.60. The molecular formula is C20H23N3O5. The fourth-order valence-electron chi connectivity index (χ4n) is 3.33. The number of nitrogens with zero attached hydrogens (tertiary/aromatic N) is 1. The van der Waals surface area contributed by atoms with E-state index in [4.69, 9.17) is 24.7 Å². The van der Waals surface area contributed by atoms with Gasteiger partial charge < -0.3 is 24.7 Å². The van der Waals surface area contributed by atoms with E-state index in [0.29, 0.717) is 28.6 Å². The summed E-state index contributed by atoms with van der Waals surface area (Å²) in [4.78, 5) is 17.4. The molecule has 0 aliphatic carbocycles. The van der Waals surface area contributed by atoms with Crippen molar-refractivity contribution in [3.63, 3.8) is 0 Å². The molecule has 3 N–H and O–H groups in total. The molecule has 1 atom stereocenters. The van der Waals surface area contributed by atoms with Gasteiger partial charge in [-0.3, -0.25) is 10.1 Å². The van der Waals surface area contributed by atoms with Crippen LogP contribution < -0.4 is 30.0 Å². The van der Waals surface area contributed by atoms with E-state index >= 15 is 0 Å². The number of aliphatic imine (C=N–C) groups is 1. The first-order valence-corrected chi connectivity index (χ1v) is 8.57. The molecule has 0 radical (unpaired) electrons. The Labute approximate surface area is 163 Å². The van der Waals surface area contributed by atoms with Crippen molar-refractivity contribution in [2.24, 2.45) is 10.7 Å². The lowest BCUT2D eigenvalue weighted by molar-refractivity contribution is -0.124. The third-order valence-corrected chi connectivity index (χ3v) is 4.66. The van der Waals surface area contributed by atoms with Gasteiger partial charge >= 0.3 is 0 Å². The monoisotopic (exact) mass is 385 g/mol. The van der Waals surface area contributed by atoms with Gasteiger partial charge in [0.2, 0.25) is 5.75 Å². The number of guanidine groups is 1. The Morgan fingerprint density at radius 3 is 2.18 bits per heavy atom. The molecule has 0 bridgehead atoms. The quantitative estimate of drug-likeness (QED) is 0.750. The Balaban J connectivity index is 2.13. The van der Waals surface area contributed by atoms with Crippen LogP contribution in [-0.4, -0.2) is 40.3 Å². The van der Waals surface area contributed by atoms with Crippen LogP contribution in [0.5, 0.6) is 23.0 Å². The van der Waals surface area contributed by atoms with Gasteiger partial charge in [0.05, 0.1) is 28.4 Å². The normalized spacial score (nSPS) is 18.3. The second-order valence-electron chi connectivity index (χ2n) is 6.25. The maximum Gasteiger partial charge on any atom is 0.259 e. The number of benzene rings is 2. The van der Waals surface area contributed by atoms with E-state index in [1.165, 1.54) is 21.3 Å². The molecule has 1 aliphatic rings. The summed E-state index contributed by atoms with van der Waals surface area (Å²) in [5.74, 6) is 1.84. The maximum absolute atomic E-state index is 12.9. The molecule has 1 heterocycles. The minimum Gasteiger partial charge on any atom is -0.497 e. The highest BCUT2D eigenvalue weighted by Crippen LogP contribution is 2.41. The lowest BCUT2D eigenvalue weighted by atomic mass is 9.83. The Morgan fingerprint density at radius 2 is 1.68 bits per heavy atom. The highest BCUT2D eigenvalue weighted by molar-refractivity contribution is 6.07. The van der Waals surface area contributed by atoms with Crippen molar-refractivity contribution in [3.8, 4) is 23.0 Å². The molecule has 0 saturated carbocycles. The molecule has 8 nitrogen and oxygen atoms in total. The Hall–Kier alpha value is -3.42. The molecule has 0 aromatic heterocycles. The zero-order chi connectivity index (χ0) is 20.3. The summed E-state index contributed by atoms with van der Waals surface area (Å²) in [5.41, 5.74) is 6.04. The molecule has 8 heteroatoms. The SMILES string of the molecule is COc1cccc([C@]2(Cc3cc(OC)c(OC)c(OC)c3)N=C(N)NC2=O)c1. The van der Waals surface area contributed by atoms with E-state index in [2.05, 4.69) is 10.3 Å². The van der Waals surface area contributed by atoms with Crippen LogP contribution in [0.3, 0.4) is 0 Å². The first-order chi connectivity index (χ1) is 13.5. The Bertz CT molecular complexity index is 903. The van der Waals surface area contributed by atoms with Crippen molar-refractivity contribution in [2.45, 2.75) is 12.0 Å². The van der Waals surface area contributed by atoms with E-state index < -0.39 is 5.54 Å². The van der Waals surface area contributed by atoms with Gasteiger partial charge in [-0.25, -0.2) is 4.99 Å². The highest BCUT2D eigenvalue weighted by Gasteiger charge is 2.45. The molecule has 148 valence electrons. The lowest BCUT2D eigenvalue weighted by Gasteiger charge is -2.25. The third-order valence-electron chi connectivity index (χ3n) is 4.66. The number of rotatable bonds is 7. The van der Waals surface area contributed by atoms with Gasteiger partial charge in [0.1, 0.15) is 5.75 Å². The second-order valence-corrected chi connectivity index (χ2v) is 6.25. The molecule has 1 aliphatic heterocycles. The van der Waals surface area contributed by atoms with Gasteiger partial charge in [0, 0.05) is 6.42 Å². The van der Waals surface area contributed by atoms with E-state index in [1.54, 1.807) is 31.4 Å². The second kappa shape index (κ2) is 7.67. The van der Waals surface area contributed by atoms with Crippen LogP contribution in [-0.2, 0) is 16.8 Å². The van der Waals surface area contributed by atoms with E-state index in [9.17, 15) is 4.79 Å². The van der Waals surface area contributed by atoms with E-state index in [1.807, 2.05) is 12.1 Å². The third kappa shape index (κ3) is 3.28. The fourth-order valence-corrected chi connectivity index (χ4v) is 3.33. The first-order valence-electron chi connectivity index (χ1n) is 8.57. The van der Waals surface area contributed by atoms with E-state index in [-0.39, 0.29) is 18.3 Å². The average molecular weight is 385 g/mol. The van der Waals surface area contributed by atoms with Crippen molar-refractivity contribution in [3.05, 3.63) is 47.5 Å². The molecule has 3 rings (SSSR count). The number of carbonyl (C=O) groups excluding carboxylic acids is 1. The zero-order valence-corrected chi connectivity index (χ0v) is 16.2. The minimum atomic E-state index is -1.23. The highest BCUT2D eigenvalue weighted by atomic mass is 16.5. The van der Waals surface area contributed by atoms with Crippen molar-refractivity contribution < 1.29 is 23.7 Å². The molecule has 0 spiro atoms. The molecule has 1 amide bonds.